The lowest BCUT2D eigenvalue weighted by molar-refractivity contribution is -0.129. The number of aliphatic hydroxyl groups is 2. The molecule has 1 aromatic rings. The van der Waals surface area contributed by atoms with Gasteiger partial charge in [0.1, 0.15) is 0 Å². The number of benzene rings is 1. The third kappa shape index (κ3) is 6.04. The third-order valence-corrected chi connectivity index (χ3v) is 2.45. The van der Waals surface area contributed by atoms with Crippen LogP contribution in [0.3, 0.4) is 0 Å². The predicted molar refractivity (Wildman–Crippen MR) is 65.4 cm³/mol. The van der Waals surface area contributed by atoms with E-state index in [0.29, 0.717) is 6.54 Å². The Balaban J connectivity index is 2.16. The molecule has 3 N–H and O–H groups in total. The molecule has 0 atom stereocenters. The highest BCUT2D eigenvalue weighted by Crippen LogP contribution is 2.05. The molecule has 0 heterocycles. The fourth-order valence-corrected chi connectivity index (χ4v) is 1.51. The first-order chi connectivity index (χ1) is 8.08. The first-order valence-corrected chi connectivity index (χ1v) is 5.76. The van der Waals surface area contributed by atoms with Crippen molar-refractivity contribution in [2.45, 2.75) is 32.5 Å². The van der Waals surface area contributed by atoms with E-state index < -0.39 is 6.29 Å². The molecule has 17 heavy (non-hydrogen) atoms. The maximum Gasteiger partial charge on any atom is 0.225 e. The van der Waals surface area contributed by atoms with Crippen molar-refractivity contribution in [3.05, 3.63) is 35.4 Å². The maximum atomic E-state index is 11.1. The molecule has 0 fully saturated rings. The van der Waals surface area contributed by atoms with E-state index in [0.717, 1.165) is 12.8 Å². The Kier molecular flexibility index (Phi) is 5.66. The summed E-state index contributed by atoms with van der Waals surface area (Å²) in [6.45, 7) is 2.60. The third-order valence-electron chi connectivity index (χ3n) is 2.45. The lowest BCUT2D eigenvalue weighted by Crippen LogP contribution is -2.28. The van der Waals surface area contributed by atoms with Crippen LogP contribution >= 0.6 is 0 Å². The number of carbonyl (C=O) groups is 1. The normalized spacial score (nSPS) is 10.6. The lowest BCUT2D eigenvalue weighted by atomic mass is 10.1. The zero-order valence-electron chi connectivity index (χ0n) is 10.0. The first kappa shape index (κ1) is 13.7. The van der Waals surface area contributed by atoms with Crippen molar-refractivity contribution in [3.8, 4) is 0 Å². The molecular formula is C13H19NO3. The van der Waals surface area contributed by atoms with E-state index in [2.05, 4.69) is 29.6 Å². The van der Waals surface area contributed by atoms with Gasteiger partial charge in [-0.1, -0.05) is 29.8 Å². The Morgan fingerprint density at radius 2 is 1.94 bits per heavy atom. The quantitative estimate of drug-likeness (QED) is 0.505. The van der Waals surface area contributed by atoms with Crippen LogP contribution in [0, 0.1) is 6.92 Å². The second-order valence-electron chi connectivity index (χ2n) is 4.12. The van der Waals surface area contributed by atoms with Gasteiger partial charge in [-0.15, -0.1) is 0 Å². The molecule has 0 saturated carbocycles. The van der Waals surface area contributed by atoms with E-state index in [1.807, 2.05) is 6.92 Å². The van der Waals surface area contributed by atoms with E-state index in [1.54, 1.807) is 0 Å². The number of nitrogens with one attached hydrogen (secondary N) is 1. The van der Waals surface area contributed by atoms with E-state index in [9.17, 15) is 4.79 Å². The van der Waals surface area contributed by atoms with Crippen LogP contribution in [0.2, 0.25) is 0 Å². The minimum atomic E-state index is -1.56. The minimum absolute atomic E-state index is 0.259. The molecule has 0 aromatic heterocycles. The molecule has 1 amide bonds. The van der Waals surface area contributed by atoms with E-state index in [1.165, 1.54) is 11.1 Å². The number of aryl methyl sites for hydroxylation is 2. The first-order valence-electron chi connectivity index (χ1n) is 5.76. The standard InChI is InChI=1S/C13H19NO3/c1-10-4-6-11(7-5-10)3-2-8-14-12(15)9-13(16)17/h4-7,13,16-17H,2-3,8-9H2,1H3,(H,14,15). The summed E-state index contributed by atoms with van der Waals surface area (Å²) < 4.78 is 0. The monoisotopic (exact) mass is 237 g/mol. The predicted octanol–water partition coefficient (Wildman–Crippen LogP) is 0.745. The second kappa shape index (κ2) is 7.04. The molecule has 0 radical (unpaired) electrons. The van der Waals surface area contributed by atoms with Gasteiger partial charge < -0.3 is 15.5 Å². The van der Waals surface area contributed by atoms with Crippen molar-refractivity contribution in [2.24, 2.45) is 0 Å². The van der Waals surface area contributed by atoms with Crippen LogP contribution in [-0.2, 0) is 11.2 Å². The van der Waals surface area contributed by atoms with Gasteiger partial charge in [-0.2, -0.15) is 0 Å². The minimum Gasteiger partial charge on any atom is -0.368 e. The molecule has 0 bridgehead atoms. The molecule has 94 valence electrons. The maximum absolute atomic E-state index is 11.1. The van der Waals surface area contributed by atoms with Crippen molar-refractivity contribution in [1.29, 1.82) is 0 Å². The molecule has 0 unspecified atom stereocenters. The summed E-state index contributed by atoms with van der Waals surface area (Å²) >= 11 is 0. The summed E-state index contributed by atoms with van der Waals surface area (Å²) in [4.78, 5) is 11.1. The number of hydrogen-bond donors (Lipinski definition) is 3. The smallest absolute Gasteiger partial charge is 0.225 e. The van der Waals surface area contributed by atoms with Gasteiger partial charge in [0.05, 0.1) is 6.42 Å². The van der Waals surface area contributed by atoms with Crippen molar-refractivity contribution in [3.63, 3.8) is 0 Å². The highest BCUT2D eigenvalue weighted by Gasteiger charge is 2.05. The van der Waals surface area contributed by atoms with Crippen LogP contribution in [0.5, 0.6) is 0 Å². The molecule has 4 nitrogen and oxygen atoms in total. The zero-order valence-corrected chi connectivity index (χ0v) is 10.0. The van der Waals surface area contributed by atoms with Gasteiger partial charge >= 0.3 is 0 Å². The molecule has 0 aliphatic carbocycles. The Hall–Kier alpha value is -1.39. The average Bonchev–Trinajstić information content (AvgIpc) is 2.26. The number of rotatable bonds is 6. The molecule has 1 aromatic carbocycles. The molecule has 0 aliphatic rings. The Bertz CT molecular complexity index is 346. The van der Waals surface area contributed by atoms with Crippen LogP contribution in [0.15, 0.2) is 24.3 Å². The van der Waals surface area contributed by atoms with Crippen LogP contribution < -0.4 is 5.32 Å². The zero-order chi connectivity index (χ0) is 12.7. The second-order valence-corrected chi connectivity index (χ2v) is 4.12. The number of aliphatic hydroxyl groups excluding tert-OH is 1. The molecular weight excluding hydrogens is 218 g/mol. The lowest BCUT2D eigenvalue weighted by Gasteiger charge is -2.06. The van der Waals surface area contributed by atoms with E-state index in [4.69, 9.17) is 10.2 Å². The number of carbonyl (C=O) groups excluding carboxylic acids is 1. The highest BCUT2D eigenvalue weighted by atomic mass is 16.5. The van der Waals surface area contributed by atoms with Gasteiger partial charge in [-0.25, -0.2) is 0 Å². The van der Waals surface area contributed by atoms with E-state index >= 15 is 0 Å². The summed E-state index contributed by atoms with van der Waals surface area (Å²) in [5, 5.41) is 19.8. The summed E-state index contributed by atoms with van der Waals surface area (Å²) in [6.07, 6.45) is -0.0737. The van der Waals surface area contributed by atoms with Crippen molar-refractivity contribution in [1.82, 2.24) is 5.32 Å². The van der Waals surface area contributed by atoms with Gasteiger partial charge in [-0.3, -0.25) is 4.79 Å². The SMILES string of the molecule is Cc1ccc(CCCNC(=O)CC(O)O)cc1. The van der Waals surface area contributed by atoms with Crippen molar-refractivity contribution >= 4 is 5.91 Å². The van der Waals surface area contributed by atoms with Gasteiger partial charge in [0.15, 0.2) is 6.29 Å². The van der Waals surface area contributed by atoms with Crippen LogP contribution in [0.4, 0.5) is 0 Å². The van der Waals surface area contributed by atoms with Gasteiger partial charge in [-0.05, 0) is 25.3 Å². The van der Waals surface area contributed by atoms with Crippen molar-refractivity contribution in [2.75, 3.05) is 6.54 Å². The molecule has 0 aliphatic heterocycles. The van der Waals surface area contributed by atoms with Gasteiger partial charge in [0, 0.05) is 6.54 Å². The summed E-state index contributed by atoms with van der Waals surface area (Å²) in [7, 11) is 0. The average molecular weight is 237 g/mol. The number of hydrogen-bond acceptors (Lipinski definition) is 3. The molecule has 0 saturated heterocycles. The summed E-state index contributed by atoms with van der Waals surface area (Å²) in [6, 6.07) is 8.29. The topological polar surface area (TPSA) is 69.6 Å². The molecule has 0 spiro atoms. The Labute approximate surface area is 101 Å². The molecule has 1 rings (SSSR count). The Morgan fingerprint density at radius 3 is 2.53 bits per heavy atom. The highest BCUT2D eigenvalue weighted by molar-refractivity contribution is 5.76. The molecule has 4 heteroatoms. The fourth-order valence-electron chi connectivity index (χ4n) is 1.51. The van der Waals surface area contributed by atoms with Crippen LogP contribution in [-0.4, -0.2) is 29.0 Å². The Morgan fingerprint density at radius 1 is 1.29 bits per heavy atom. The van der Waals surface area contributed by atoms with Gasteiger partial charge in [0.25, 0.3) is 0 Å². The number of amides is 1. The van der Waals surface area contributed by atoms with Crippen molar-refractivity contribution < 1.29 is 15.0 Å². The summed E-state index contributed by atoms with van der Waals surface area (Å²) in [5.74, 6) is -0.330. The van der Waals surface area contributed by atoms with Crippen LogP contribution in [0.25, 0.3) is 0 Å². The van der Waals surface area contributed by atoms with Gasteiger partial charge in [0.2, 0.25) is 5.91 Å². The van der Waals surface area contributed by atoms with E-state index in [-0.39, 0.29) is 12.3 Å². The summed E-state index contributed by atoms with van der Waals surface area (Å²) in [5.41, 5.74) is 2.48. The largest absolute Gasteiger partial charge is 0.368 e. The fraction of sp³-hybridized carbons (Fsp3) is 0.462. The van der Waals surface area contributed by atoms with Crippen LogP contribution in [0.1, 0.15) is 24.0 Å².